The lowest BCUT2D eigenvalue weighted by Gasteiger charge is -2.22. The number of aromatic nitrogens is 4. The van der Waals surface area contributed by atoms with E-state index in [1.807, 2.05) is 30.3 Å². The zero-order valence-electron chi connectivity index (χ0n) is 18.3. The molecule has 176 valence electrons. The van der Waals surface area contributed by atoms with E-state index in [-0.39, 0.29) is 12.5 Å². The summed E-state index contributed by atoms with van der Waals surface area (Å²) in [5, 5.41) is 15.4. The Balaban J connectivity index is 1.68. The van der Waals surface area contributed by atoms with Crippen LogP contribution in [0.1, 0.15) is 36.8 Å². The summed E-state index contributed by atoms with van der Waals surface area (Å²) < 4.78 is 29.5. The van der Waals surface area contributed by atoms with Crippen LogP contribution in [0.5, 0.6) is 0 Å². The zero-order valence-corrected chi connectivity index (χ0v) is 19.1. The second kappa shape index (κ2) is 11.1. The average molecular weight is 473 g/mol. The van der Waals surface area contributed by atoms with Gasteiger partial charge in [0, 0.05) is 17.0 Å². The first-order chi connectivity index (χ1) is 15.7. The Hall–Kier alpha value is -3.19. The van der Waals surface area contributed by atoms with Crippen LogP contribution in [0.4, 0.5) is 5.69 Å². The predicted molar refractivity (Wildman–Crippen MR) is 121 cm³/mol. The van der Waals surface area contributed by atoms with Crippen LogP contribution < -0.4 is 15.8 Å². The highest BCUT2D eigenvalue weighted by Gasteiger charge is 2.27. The van der Waals surface area contributed by atoms with Crippen molar-refractivity contribution in [1.29, 1.82) is 0 Å². The summed E-state index contributed by atoms with van der Waals surface area (Å²) in [5.74, 6) is -0.0771. The van der Waals surface area contributed by atoms with E-state index >= 15 is 0 Å². The molecular formula is C21H26N7O4S-. The summed E-state index contributed by atoms with van der Waals surface area (Å²) in [4.78, 5) is 13.8. The van der Waals surface area contributed by atoms with E-state index in [0.29, 0.717) is 24.7 Å². The number of carbonyl (C=O) groups is 1. The second-order valence-electron chi connectivity index (χ2n) is 7.96. The van der Waals surface area contributed by atoms with E-state index in [9.17, 15) is 13.6 Å². The first-order valence-corrected chi connectivity index (χ1v) is 11.2. The maximum Gasteiger partial charge on any atom is 0.240 e. The van der Waals surface area contributed by atoms with Gasteiger partial charge in [0.15, 0.2) is 5.82 Å². The van der Waals surface area contributed by atoms with E-state index in [4.69, 9.17) is 10.5 Å². The van der Waals surface area contributed by atoms with Gasteiger partial charge in [0.1, 0.15) is 6.04 Å². The van der Waals surface area contributed by atoms with E-state index < -0.39 is 22.8 Å². The van der Waals surface area contributed by atoms with Crippen molar-refractivity contribution in [3.05, 3.63) is 71.5 Å². The highest BCUT2D eigenvalue weighted by Crippen LogP contribution is 2.13. The van der Waals surface area contributed by atoms with Gasteiger partial charge in [-0.15, -0.1) is 10.2 Å². The smallest absolute Gasteiger partial charge is 0.240 e. The van der Waals surface area contributed by atoms with Crippen molar-refractivity contribution in [2.24, 2.45) is 5.73 Å². The van der Waals surface area contributed by atoms with Crippen LogP contribution >= 0.6 is 0 Å². The molecule has 1 heterocycles. The largest absolute Gasteiger partial charge is 0.755 e. The number of rotatable bonds is 11. The van der Waals surface area contributed by atoms with Crippen molar-refractivity contribution in [3.63, 3.8) is 0 Å². The monoisotopic (exact) mass is 472 g/mol. The van der Waals surface area contributed by atoms with E-state index in [1.54, 1.807) is 38.1 Å². The van der Waals surface area contributed by atoms with Crippen molar-refractivity contribution in [1.82, 2.24) is 25.5 Å². The van der Waals surface area contributed by atoms with Gasteiger partial charge in [-0.3, -0.25) is 9.00 Å². The first-order valence-electron chi connectivity index (χ1n) is 10.1. The zero-order chi connectivity index (χ0) is 23.8. The van der Waals surface area contributed by atoms with E-state index in [2.05, 4.69) is 25.4 Å². The molecule has 0 radical (unpaired) electrons. The predicted octanol–water partition coefficient (Wildman–Crippen LogP) is 1.04. The molecular weight excluding hydrogens is 446 g/mol. The van der Waals surface area contributed by atoms with Crippen LogP contribution in [-0.2, 0) is 33.9 Å². The molecule has 2 aromatic carbocycles. The van der Waals surface area contributed by atoms with Crippen molar-refractivity contribution in [2.75, 3.05) is 11.3 Å². The lowest BCUT2D eigenvalue weighted by molar-refractivity contribution is -0.126. The Morgan fingerprint density at radius 3 is 2.52 bits per heavy atom. The summed E-state index contributed by atoms with van der Waals surface area (Å²) >= 11 is -2.39. The maximum absolute atomic E-state index is 12.5. The fourth-order valence-electron chi connectivity index (χ4n) is 2.79. The maximum atomic E-state index is 12.5. The molecule has 0 aliphatic heterocycles. The van der Waals surface area contributed by atoms with Crippen LogP contribution in [-0.4, -0.2) is 47.0 Å². The van der Waals surface area contributed by atoms with E-state index in [0.717, 1.165) is 11.1 Å². The molecule has 0 aliphatic carbocycles. The molecule has 0 saturated carbocycles. The minimum Gasteiger partial charge on any atom is -0.755 e. The number of nitrogens with two attached hydrogens (primary N) is 1. The number of amides is 1. The third kappa shape index (κ3) is 7.71. The number of hydrogen-bond acceptors (Lipinski definition) is 8. The summed E-state index contributed by atoms with van der Waals surface area (Å²) in [6, 6.07) is 15.8. The normalized spacial score (nSPS) is 13.3. The van der Waals surface area contributed by atoms with Gasteiger partial charge in [0.05, 0.1) is 25.3 Å². The van der Waals surface area contributed by atoms with Crippen LogP contribution in [0.25, 0.3) is 0 Å². The molecule has 1 aromatic heterocycles. The first kappa shape index (κ1) is 24.5. The van der Waals surface area contributed by atoms with Gasteiger partial charge in [0.25, 0.3) is 0 Å². The molecule has 0 bridgehead atoms. The van der Waals surface area contributed by atoms with Crippen molar-refractivity contribution >= 4 is 22.9 Å². The van der Waals surface area contributed by atoms with Crippen molar-refractivity contribution in [2.45, 2.75) is 38.6 Å². The Bertz CT molecular complexity index is 1070. The van der Waals surface area contributed by atoms with Crippen LogP contribution in [0, 0.1) is 0 Å². The molecule has 12 heteroatoms. The topological polar surface area (TPSA) is 160 Å². The fourth-order valence-corrected chi connectivity index (χ4v) is 3.12. The van der Waals surface area contributed by atoms with Gasteiger partial charge in [-0.25, -0.2) is 0 Å². The summed E-state index contributed by atoms with van der Waals surface area (Å²) in [6.07, 6.45) is 0. The van der Waals surface area contributed by atoms with Crippen LogP contribution in [0.3, 0.4) is 0 Å². The highest BCUT2D eigenvalue weighted by atomic mass is 32.2. The van der Waals surface area contributed by atoms with Crippen molar-refractivity contribution < 1.29 is 18.3 Å². The Morgan fingerprint density at radius 2 is 1.88 bits per heavy atom. The molecule has 0 saturated heterocycles. The van der Waals surface area contributed by atoms with Gasteiger partial charge in [0.2, 0.25) is 5.91 Å². The number of hydrogen-bond donors (Lipinski definition) is 3. The molecule has 0 fully saturated rings. The molecule has 0 spiro atoms. The molecule has 11 nitrogen and oxygen atoms in total. The average Bonchev–Trinajstić information content (AvgIpc) is 3.22. The SMILES string of the molecule is CC(C)(N)C(=O)N[C@H](COCc1ccccc1)c1nnn(Cc2ccc(NS(=O)[O-])cc2)n1. The minimum absolute atomic E-state index is 0.134. The number of anilines is 1. The lowest BCUT2D eigenvalue weighted by atomic mass is 10.1. The molecule has 3 aromatic rings. The molecule has 33 heavy (non-hydrogen) atoms. The quantitative estimate of drug-likeness (QED) is 0.349. The third-order valence-electron chi connectivity index (χ3n) is 4.55. The molecule has 0 aliphatic rings. The van der Waals surface area contributed by atoms with Crippen molar-refractivity contribution in [3.8, 4) is 0 Å². The van der Waals surface area contributed by atoms with Gasteiger partial charge < -0.3 is 25.1 Å². The Morgan fingerprint density at radius 1 is 1.18 bits per heavy atom. The van der Waals surface area contributed by atoms with Crippen LogP contribution in [0.2, 0.25) is 0 Å². The molecule has 3 rings (SSSR count). The second-order valence-corrected chi connectivity index (χ2v) is 8.63. The Kier molecular flexibility index (Phi) is 8.22. The van der Waals surface area contributed by atoms with Gasteiger partial charge in [-0.1, -0.05) is 42.5 Å². The highest BCUT2D eigenvalue weighted by molar-refractivity contribution is 7.80. The number of carbonyl (C=O) groups excluding carboxylic acids is 1. The van der Waals surface area contributed by atoms with Gasteiger partial charge in [-0.2, -0.15) is 4.80 Å². The van der Waals surface area contributed by atoms with Crippen LogP contribution in [0.15, 0.2) is 54.6 Å². The summed E-state index contributed by atoms with van der Waals surface area (Å²) in [5.41, 5.74) is 7.11. The minimum atomic E-state index is -2.39. The Labute approximate surface area is 194 Å². The number of tetrazole rings is 1. The number of nitrogens with one attached hydrogen (secondary N) is 2. The van der Waals surface area contributed by atoms with Gasteiger partial charge >= 0.3 is 0 Å². The number of benzene rings is 2. The fraction of sp³-hybridized carbons (Fsp3) is 0.333. The lowest BCUT2D eigenvalue weighted by Crippen LogP contribution is -2.50. The summed E-state index contributed by atoms with van der Waals surface area (Å²) in [6.45, 7) is 4.02. The molecule has 2 atom stereocenters. The number of nitrogens with zero attached hydrogens (tertiary/aromatic N) is 4. The molecule has 1 unspecified atom stereocenters. The molecule has 4 N–H and O–H groups in total. The number of ether oxygens (including phenoxy) is 1. The standard InChI is InChI=1S/C21H27N7O4S/c1-21(2,22)20(29)23-18(14-32-13-16-6-4-3-5-7-16)19-24-27-28(25-19)12-15-8-10-17(11-9-15)26-33(30)31/h3-11,18,26H,12-14,22H2,1-2H3,(H,23,29)(H,30,31)/p-1/t18-/m1/s1. The third-order valence-corrected chi connectivity index (χ3v) is 4.95. The van der Waals surface area contributed by atoms with E-state index in [1.165, 1.54) is 4.80 Å². The molecule has 1 amide bonds. The summed E-state index contributed by atoms with van der Waals surface area (Å²) in [7, 11) is 0. The van der Waals surface area contributed by atoms with Gasteiger partial charge in [-0.05, 0) is 42.3 Å².